The average Bonchev–Trinajstić information content (AvgIpc) is 2.79. The van der Waals surface area contributed by atoms with Gasteiger partial charge in [-0.15, -0.1) is 0 Å². The zero-order valence-corrected chi connectivity index (χ0v) is 10.9. The first-order valence-electron chi connectivity index (χ1n) is 6.66. The molecular formula is C14H23N3. The molecule has 0 aliphatic heterocycles. The van der Waals surface area contributed by atoms with Crippen molar-refractivity contribution in [2.45, 2.75) is 45.6 Å². The zero-order chi connectivity index (χ0) is 12.3. The maximum absolute atomic E-state index is 5.79. The lowest BCUT2D eigenvalue weighted by Crippen LogP contribution is -2.37. The second kappa shape index (κ2) is 5.39. The van der Waals surface area contributed by atoms with Crippen molar-refractivity contribution in [3.8, 4) is 0 Å². The molecule has 0 aromatic carbocycles. The normalized spacial score (nSPS) is 16.6. The molecule has 1 aromatic heterocycles. The lowest BCUT2D eigenvalue weighted by atomic mass is 10.1. The Morgan fingerprint density at radius 2 is 2.06 bits per heavy atom. The van der Waals surface area contributed by atoms with Crippen molar-refractivity contribution >= 4 is 11.6 Å². The van der Waals surface area contributed by atoms with Crippen molar-refractivity contribution in [2.75, 3.05) is 17.2 Å². The number of nitrogens with two attached hydrogens (primary N) is 1. The van der Waals surface area contributed by atoms with Crippen LogP contribution in [-0.4, -0.2) is 17.6 Å². The van der Waals surface area contributed by atoms with Gasteiger partial charge in [-0.1, -0.05) is 32.8 Å². The number of anilines is 2. The molecule has 94 valence electrons. The van der Waals surface area contributed by atoms with E-state index in [-0.39, 0.29) is 0 Å². The molecule has 3 nitrogen and oxygen atoms in total. The van der Waals surface area contributed by atoms with Crippen molar-refractivity contribution in [2.24, 2.45) is 5.92 Å². The van der Waals surface area contributed by atoms with Crippen LogP contribution in [0.25, 0.3) is 0 Å². The Bertz CT molecular complexity index is 356. The van der Waals surface area contributed by atoms with Gasteiger partial charge in [0.05, 0.1) is 0 Å². The van der Waals surface area contributed by atoms with E-state index < -0.39 is 0 Å². The number of nitrogens with zero attached hydrogens (tertiary/aromatic N) is 2. The first-order chi connectivity index (χ1) is 8.16. The summed E-state index contributed by atoms with van der Waals surface area (Å²) >= 11 is 0. The summed E-state index contributed by atoms with van der Waals surface area (Å²) in [5, 5.41) is 0. The maximum atomic E-state index is 5.79. The van der Waals surface area contributed by atoms with Gasteiger partial charge in [-0.2, -0.15) is 0 Å². The van der Waals surface area contributed by atoms with Crippen LogP contribution >= 0.6 is 0 Å². The Morgan fingerprint density at radius 1 is 1.35 bits per heavy atom. The van der Waals surface area contributed by atoms with Crippen LogP contribution in [-0.2, 0) is 0 Å². The molecule has 17 heavy (non-hydrogen) atoms. The van der Waals surface area contributed by atoms with Crippen LogP contribution in [0, 0.1) is 5.92 Å². The van der Waals surface area contributed by atoms with Crippen molar-refractivity contribution in [3.05, 3.63) is 18.2 Å². The fourth-order valence-electron chi connectivity index (χ4n) is 2.64. The summed E-state index contributed by atoms with van der Waals surface area (Å²) in [5.41, 5.74) is 5.79. The fraction of sp³-hybridized carbons (Fsp3) is 0.643. The highest BCUT2D eigenvalue weighted by atomic mass is 15.2. The fourth-order valence-corrected chi connectivity index (χ4v) is 2.64. The first kappa shape index (κ1) is 12.2. The molecule has 0 radical (unpaired) electrons. The molecule has 2 rings (SSSR count). The molecule has 1 aromatic rings. The van der Waals surface area contributed by atoms with Crippen LogP contribution in [0.1, 0.15) is 39.5 Å². The number of pyridine rings is 1. The van der Waals surface area contributed by atoms with Crippen molar-refractivity contribution in [1.29, 1.82) is 0 Å². The van der Waals surface area contributed by atoms with Gasteiger partial charge in [0, 0.05) is 12.6 Å². The molecule has 0 amide bonds. The molecule has 1 aliphatic carbocycles. The predicted molar refractivity (Wildman–Crippen MR) is 73.1 cm³/mol. The molecule has 1 fully saturated rings. The van der Waals surface area contributed by atoms with Crippen molar-refractivity contribution in [3.63, 3.8) is 0 Å². The number of rotatable bonds is 4. The van der Waals surface area contributed by atoms with Crippen LogP contribution in [0.3, 0.4) is 0 Å². The van der Waals surface area contributed by atoms with Gasteiger partial charge in [-0.05, 0) is 30.9 Å². The zero-order valence-electron chi connectivity index (χ0n) is 10.9. The van der Waals surface area contributed by atoms with Crippen LogP contribution in [0.15, 0.2) is 18.2 Å². The first-order valence-corrected chi connectivity index (χ1v) is 6.66. The second-order valence-corrected chi connectivity index (χ2v) is 5.41. The summed E-state index contributed by atoms with van der Waals surface area (Å²) in [5.74, 6) is 2.32. The molecule has 3 heteroatoms. The van der Waals surface area contributed by atoms with E-state index in [0.717, 1.165) is 12.4 Å². The Balaban J connectivity index is 2.19. The van der Waals surface area contributed by atoms with E-state index in [1.165, 1.54) is 25.7 Å². The minimum absolute atomic E-state index is 0.620. The summed E-state index contributed by atoms with van der Waals surface area (Å²) in [7, 11) is 0. The Kier molecular flexibility index (Phi) is 3.87. The van der Waals surface area contributed by atoms with Gasteiger partial charge in [0.1, 0.15) is 11.6 Å². The van der Waals surface area contributed by atoms with Crippen molar-refractivity contribution < 1.29 is 0 Å². The standard InChI is InChI=1S/C14H23N3/c1-11(2)10-17(12-6-3-4-7-12)14-9-5-8-13(15)16-14/h5,8-9,11-12H,3-4,6-7,10H2,1-2H3,(H2,15,16). The Labute approximate surface area is 104 Å². The van der Waals surface area contributed by atoms with Gasteiger partial charge < -0.3 is 10.6 Å². The molecular weight excluding hydrogens is 210 g/mol. The smallest absolute Gasteiger partial charge is 0.131 e. The molecule has 0 unspecified atom stereocenters. The number of hydrogen-bond acceptors (Lipinski definition) is 3. The lowest BCUT2D eigenvalue weighted by molar-refractivity contribution is 0.531. The third kappa shape index (κ3) is 3.11. The summed E-state index contributed by atoms with van der Waals surface area (Å²) in [4.78, 5) is 6.93. The highest BCUT2D eigenvalue weighted by molar-refractivity contribution is 5.45. The van der Waals surface area contributed by atoms with E-state index in [2.05, 4.69) is 29.8 Å². The van der Waals surface area contributed by atoms with E-state index in [4.69, 9.17) is 5.73 Å². The van der Waals surface area contributed by atoms with Gasteiger partial charge in [-0.25, -0.2) is 4.98 Å². The molecule has 2 N–H and O–H groups in total. The third-order valence-electron chi connectivity index (χ3n) is 3.38. The van der Waals surface area contributed by atoms with Crippen LogP contribution < -0.4 is 10.6 Å². The second-order valence-electron chi connectivity index (χ2n) is 5.41. The quantitative estimate of drug-likeness (QED) is 0.869. The number of hydrogen-bond donors (Lipinski definition) is 1. The Hall–Kier alpha value is -1.25. The highest BCUT2D eigenvalue weighted by Gasteiger charge is 2.24. The van der Waals surface area contributed by atoms with Crippen molar-refractivity contribution in [1.82, 2.24) is 4.98 Å². The van der Waals surface area contributed by atoms with E-state index in [0.29, 0.717) is 17.8 Å². The SMILES string of the molecule is CC(C)CN(c1cccc(N)n1)C1CCCC1. The minimum atomic E-state index is 0.620. The summed E-state index contributed by atoms with van der Waals surface area (Å²) in [6, 6.07) is 6.59. The van der Waals surface area contributed by atoms with E-state index in [1.54, 1.807) is 0 Å². The molecule has 0 bridgehead atoms. The largest absolute Gasteiger partial charge is 0.384 e. The van der Waals surface area contributed by atoms with E-state index >= 15 is 0 Å². The summed E-state index contributed by atoms with van der Waals surface area (Å²) in [6.45, 7) is 5.59. The van der Waals surface area contributed by atoms with Gasteiger partial charge in [-0.3, -0.25) is 0 Å². The molecule has 1 saturated carbocycles. The molecule has 0 atom stereocenters. The van der Waals surface area contributed by atoms with E-state index in [9.17, 15) is 0 Å². The minimum Gasteiger partial charge on any atom is -0.384 e. The van der Waals surface area contributed by atoms with E-state index in [1.807, 2.05) is 12.1 Å². The summed E-state index contributed by atoms with van der Waals surface area (Å²) in [6.07, 6.45) is 5.29. The molecule has 0 saturated heterocycles. The lowest BCUT2D eigenvalue weighted by Gasteiger charge is -2.31. The van der Waals surface area contributed by atoms with Gasteiger partial charge in [0.25, 0.3) is 0 Å². The van der Waals surface area contributed by atoms with Crippen LogP contribution in [0.4, 0.5) is 11.6 Å². The average molecular weight is 233 g/mol. The number of nitrogen functional groups attached to an aromatic ring is 1. The predicted octanol–water partition coefficient (Wildman–Crippen LogP) is 3.07. The third-order valence-corrected chi connectivity index (χ3v) is 3.38. The Morgan fingerprint density at radius 3 is 2.65 bits per heavy atom. The maximum Gasteiger partial charge on any atom is 0.131 e. The number of aromatic nitrogens is 1. The summed E-state index contributed by atoms with van der Waals surface area (Å²) < 4.78 is 0. The van der Waals surface area contributed by atoms with Crippen LogP contribution in [0.5, 0.6) is 0 Å². The van der Waals surface area contributed by atoms with Gasteiger partial charge in [0.2, 0.25) is 0 Å². The van der Waals surface area contributed by atoms with Gasteiger partial charge >= 0.3 is 0 Å². The topological polar surface area (TPSA) is 42.1 Å². The molecule has 1 aliphatic rings. The monoisotopic (exact) mass is 233 g/mol. The highest BCUT2D eigenvalue weighted by Crippen LogP contribution is 2.28. The molecule has 1 heterocycles. The van der Waals surface area contributed by atoms with Crippen LogP contribution in [0.2, 0.25) is 0 Å². The van der Waals surface area contributed by atoms with Gasteiger partial charge in [0.15, 0.2) is 0 Å². The molecule has 0 spiro atoms.